The van der Waals surface area contributed by atoms with Crippen LogP contribution in [0.25, 0.3) is 0 Å². The van der Waals surface area contributed by atoms with Crippen LogP contribution < -0.4 is 0 Å². The molecule has 2 aromatic carbocycles. The summed E-state index contributed by atoms with van der Waals surface area (Å²) in [4.78, 5) is 46.3. The van der Waals surface area contributed by atoms with E-state index < -0.39 is 27.2 Å². The molecule has 3 atom stereocenters. The van der Waals surface area contributed by atoms with Crippen LogP contribution in [0, 0.1) is 42.9 Å². The predicted octanol–water partition coefficient (Wildman–Crippen LogP) is 6.07. The summed E-state index contributed by atoms with van der Waals surface area (Å²) in [7, 11) is 0. The van der Waals surface area contributed by atoms with Gasteiger partial charge in [0.15, 0.2) is 0 Å². The summed E-state index contributed by atoms with van der Waals surface area (Å²) in [5, 5.41) is 21.8. The highest BCUT2D eigenvalue weighted by molar-refractivity contribution is 5.90. The molecule has 1 saturated carbocycles. The Morgan fingerprint density at radius 3 is 1.82 bits per heavy atom. The molecule has 0 aromatic heterocycles. The molecule has 39 heavy (non-hydrogen) atoms. The Balaban J connectivity index is 1.55. The number of hydrogen-bond donors (Lipinski definition) is 0. The van der Waals surface area contributed by atoms with Crippen LogP contribution in [-0.4, -0.2) is 35.0 Å². The summed E-state index contributed by atoms with van der Waals surface area (Å²) in [6.45, 7) is 8.50. The molecule has 2 aromatic rings. The molecule has 0 amide bonds. The molecule has 0 aliphatic heterocycles. The zero-order valence-electron chi connectivity index (χ0n) is 22.2. The van der Waals surface area contributed by atoms with Crippen molar-refractivity contribution < 1.29 is 28.9 Å². The van der Waals surface area contributed by atoms with Gasteiger partial charge in [0, 0.05) is 35.6 Å². The van der Waals surface area contributed by atoms with Gasteiger partial charge in [-0.3, -0.25) is 20.2 Å². The topological polar surface area (TPSA) is 139 Å². The standard InChI is InChI=1S/C29H30N2O8/c1-18-5-14-24-25(23(18)15-38-26(32)19-6-10-21(11-7-19)30(34)35)29(4,16-28(24,2)3)17-39-27(33)20-8-12-22(13-9-20)31(36)37/h5-14,18,24H,15-17H2,1-4H3/t18-,24+,29-/m1/s1. The highest BCUT2D eigenvalue weighted by Crippen LogP contribution is 2.60. The zero-order valence-corrected chi connectivity index (χ0v) is 22.2. The van der Waals surface area contributed by atoms with E-state index in [4.69, 9.17) is 9.47 Å². The average molecular weight is 535 g/mol. The second kappa shape index (κ2) is 10.4. The molecule has 4 rings (SSSR count). The lowest BCUT2D eigenvalue weighted by Gasteiger charge is -2.34. The van der Waals surface area contributed by atoms with Crippen molar-refractivity contribution in [2.45, 2.75) is 34.1 Å². The summed E-state index contributed by atoms with van der Waals surface area (Å²) in [6.07, 6.45) is 5.00. The molecular weight excluding hydrogens is 504 g/mol. The van der Waals surface area contributed by atoms with Crippen LogP contribution in [0.1, 0.15) is 54.8 Å². The molecule has 2 aliphatic carbocycles. The molecule has 0 N–H and O–H groups in total. The number of nitro benzene ring substituents is 2. The fraction of sp³-hybridized carbons (Fsp3) is 0.379. The second-order valence-electron chi connectivity index (χ2n) is 11.1. The maximum absolute atomic E-state index is 12.8. The quantitative estimate of drug-likeness (QED) is 0.172. The van der Waals surface area contributed by atoms with E-state index in [-0.39, 0.29) is 53.0 Å². The number of fused-ring (bicyclic) bond motifs is 1. The number of non-ortho nitro benzene ring substituents is 2. The zero-order chi connectivity index (χ0) is 28.5. The van der Waals surface area contributed by atoms with Crippen molar-refractivity contribution in [3.8, 4) is 0 Å². The Hall–Kier alpha value is -4.34. The van der Waals surface area contributed by atoms with Gasteiger partial charge in [-0.2, -0.15) is 0 Å². The van der Waals surface area contributed by atoms with Gasteiger partial charge in [0.2, 0.25) is 0 Å². The lowest BCUT2D eigenvalue weighted by Crippen LogP contribution is -2.29. The summed E-state index contributed by atoms with van der Waals surface area (Å²) in [6, 6.07) is 10.5. The van der Waals surface area contributed by atoms with Gasteiger partial charge < -0.3 is 9.47 Å². The minimum absolute atomic E-state index is 0.0143. The van der Waals surface area contributed by atoms with Crippen LogP contribution in [0.2, 0.25) is 0 Å². The Labute approximate surface area is 225 Å². The van der Waals surface area contributed by atoms with Gasteiger partial charge in [0.25, 0.3) is 11.4 Å². The van der Waals surface area contributed by atoms with Gasteiger partial charge in [-0.25, -0.2) is 9.59 Å². The number of carbonyl (C=O) groups is 2. The van der Waals surface area contributed by atoms with E-state index in [0.717, 1.165) is 17.6 Å². The Morgan fingerprint density at radius 2 is 1.33 bits per heavy atom. The van der Waals surface area contributed by atoms with Crippen LogP contribution in [0.3, 0.4) is 0 Å². The Morgan fingerprint density at radius 1 is 0.846 bits per heavy atom. The number of nitrogens with zero attached hydrogens (tertiary/aromatic N) is 2. The van der Waals surface area contributed by atoms with Crippen LogP contribution in [-0.2, 0) is 9.47 Å². The normalized spacial score (nSPS) is 23.2. The molecule has 1 fully saturated rings. The first kappa shape index (κ1) is 27.7. The van der Waals surface area contributed by atoms with Crippen molar-refractivity contribution in [2.75, 3.05) is 13.2 Å². The minimum Gasteiger partial charge on any atom is -0.461 e. The van der Waals surface area contributed by atoms with E-state index in [0.29, 0.717) is 0 Å². The number of benzene rings is 2. The van der Waals surface area contributed by atoms with Gasteiger partial charge in [-0.05, 0) is 47.6 Å². The first-order chi connectivity index (χ1) is 18.3. The lowest BCUT2D eigenvalue weighted by atomic mass is 9.73. The van der Waals surface area contributed by atoms with Gasteiger partial charge in [0.1, 0.15) is 13.2 Å². The van der Waals surface area contributed by atoms with Crippen LogP contribution in [0.4, 0.5) is 11.4 Å². The predicted molar refractivity (Wildman–Crippen MR) is 142 cm³/mol. The Kier molecular flexibility index (Phi) is 7.41. The number of rotatable bonds is 8. The smallest absolute Gasteiger partial charge is 0.338 e. The van der Waals surface area contributed by atoms with Crippen molar-refractivity contribution in [2.24, 2.45) is 22.7 Å². The fourth-order valence-electron chi connectivity index (χ4n) is 5.87. The molecule has 0 radical (unpaired) electrons. The maximum Gasteiger partial charge on any atom is 0.338 e. The number of carbonyl (C=O) groups excluding carboxylic acids is 2. The summed E-state index contributed by atoms with van der Waals surface area (Å²) < 4.78 is 11.4. The SMILES string of the molecule is C[C@@H]1C=C[C@H]2C(=C1COC(=O)c1ccc([N+](=O)[O-])cc1)[C@@](C)(COC(=O)c1ccc([N+](=O)[O-])cc1)CC2(C)C. The number of allylic oxidation sites excluding steroid dienone is 2. The Bertz CT molecular complexity index is 1380. The molecule has 10 heteroatoms. The molecule has 0 spiro atoms. The van der Waals surface area contributed by atoms with E-state index in [2.05, 4.69) is 26.0 Å². The van der Waals surface area contributed by atoms with E-state index in [1.807, 2.05) is 13.8 Å². The monoisotopic (exact) mass is 534 g/mol. The molecule has 10 nitrogen and oxygen atoms in total. The molecule has 204 valence electrons. The van der Waals surface area contributed by atoms with Crippen molar-refractivity contribution in [3.63, 3.8) is 0 Å². The second-order valence-corrected chi connectivity index (χ2v) is 11.1. The van der Waals surface area contributed by atoms with E-state index in [1.165, 1.54) is 48.5 Å². The number of ether oxygens (including phenoxy) is 2. The third-order valence-corrected chi connectivity index (χ3v) is 7.65. The summed E-state index contributed by atoms with van der Waals surface area (Å²) in [5.41, 5.74) is 1.56. The summed E-state index contributed by atoms with van der Waals surface area (Å²) >= 11 is 0. The molecule has 0 bridgehead atoms. The number of hydrogen-bond acceptors (Lipinski definition) is 8. The molecule has 0 heterocycles. The lowest BCUT2D eigenvalue weighted by molar-refractivity contribution is -0.385. The van der Waals surface area contributed by atoms with Crippen molar-refractivity contribution >= 4 is 23.3 Å². The fourth-order valence-corrected chi connectivity index (χ4v) is 5.87. The van der Waals surface area contributed by atoms with Crippen LogP contribution in [0.15, 0.2) is 71.8 Å². The van der Waals surface area contributed by atoms with Crippen molar-refractivity contribution in [3.05, 3.63) is 103 Å². The first-order valence-corrected chi connectivity index (χ1v) is 12.6. The number of nitro groups is 2. The maximum atomic E-state index is 12.8. The number of esters is 2. The third kappa shape index (κ3) is 5.59. The molecule has 2 aliphatic rings. The van der Waals surface area contributed by atoms with Crippen LogP contribution >= 0.6 is 0 Å². The highest BCUT2D eigenvalue weighted by Gasteiger charge is 2.53. The average Bonchev–Trinajstić information content (AvgIpc) is 3.11. The van der Waals surface area contributed by atoms with E-state index >= 15 is 0 Å². The highest BCUT2D eigenvalue weighted by atomic mass is 16.6. The van der Waals surface area contributed by atoms with E-state index in [9.17, 15) is 29.8 Å². The van der Waals surface area contributed by atoms with Gasteiger partial charge in [-0.15, -0.1) is 0 Å². The van der Waals surface area contributed by atoms with Crippen LogP contribution in [0.5, 0.6) is 0 Å². The van der Waals surface area contributed by atoms with Gasteiger partial charge in [-0.1, -0.05) is 45.4 Å². The van der Waals surface area contributed by atoms with Crippen molar-refractivity contribution in [1.82, 2.24) is 0 Å². The van der Waals surface area contributed by atoms with Gasteiger partial charge in [0.05, 0.1) is 21.0 Å². The molecular formula is C29H30N2O8. The van der Waals surface area contributed by atoms with E-state index in [1.54, 1.807) is 0 Å². The molecule has 0 unspecified atom stereocenters. The molecule has 0 saturated heterocycles. The minimum atomic E-state index is -0.583. The summed E-state index contributed by atoms with van der Waals surface area (Å²) in [5.74, 6) is -1.11. The first-order valence-electron chi connectivity index (χ1n) is 12.6. The van der Waals surface area contributed by atoms with Crippen molar-refractivity contribution in [1.29, 1.82) is 0 Å². The third-order valence-electron chi connectivity index (χ3n) is 7.65. The van der Waals surface area contributed by atoms with Gasteiger partial charge >= 0.3 is 11.9 Å². The largest absolute Gasteiger partial charge is 0.461 e.